The summed E-state index contributed by atoms with van der Waals surface area (Å²) in [6, 6.07) is 4.76. The van der Waals surface area contributed by atoms with E-state index in [0.717, 1.165) is 0 Å². The summed E-state index contributed by atoms with van der Waals surface area (Å²) in [4.78, 5) is 12.2. The van der Waals surface area contributed by atoms with Crippen LogP contribution in [0.5, 0.6) is 0 Å². The lowest BCUT2D eigenvalue weighted by Crippen LogP contribution is -2.33. The third-order valence-electron chi connectivity index (χ3n) is 3.30. The van der Waals surface area contributed by atoms with E-state index in [2.05, 4.69) is 0 Å². The highest BCUT2D eigenvalue weighted by Gasteiger charge is 2.38. The summed E-state index contributed by atoms with van der Waals surface area (Å²) in [6.07, 6.45) is 3.19. The lowest BCUT2D eigenvalue weighted by atomic mass is 10.1. The first kappa shape index (κ1) is 14.7. The zero-order valence-electron chi connectivity index (χ0n) is 11.3. The van der Waals surface area contributed by atoms with Crippen LogP contribution in [0.3, 0.4) is 0 Å². The van der Waals surface area contributed by atoms with Gasteiger partial charge in [0.2, 0.25) is 0 Å². The number of fused-ring (bicyclic) bond motifs is 1. The SMILES string of the molecule is COP(=O)(OC)C1C=Cc2c(cccc2[N+](=O)[O-])N1C. The largest absolute Gasteiger partial charge is 0.357 e. The van der Waals surface area contributed by atoms with Crippen LogP contribution in [0.4, 0.5) is 11.4 Å². The van der Waals surface area contributed by atoms with E-state index in [9.17, 15) is 14.7 Å². The molecule has 0 radical (unpaired) electrons. The highest BCUT2D eigenvalue weighted by molar-refractivity contribution is 7.55. The first-order chi connectivity index (χ1) is 9.44. The molecule has 2 rings (SSSR count). The molecule has 8 heteroatoms. The van der Waals surface area contributed by atoms with Gasteiger partial charge in [-0.15, -0.1) is 0 Å². The zero-order chi connectivity index (χ0) is 14.9. The predicted molar refractivity (Wildman–Crippen MR) is 75.9 cm³/mol. The van der Waals surface area contributed by atoms with Gasteiger partial charge in [0, 0.05) is 27.3 Å². The van der Waals surface area contributed by atoms with E-state index < -0.39 is 18.3 Å². The summed E-state index contributed by atoms with van der Waals surface area (Å²) in [5, 5.41) is 11.0. The van der Waals surface area contributed by atoms with Crippen LogP contribution in [-0.4, -0.2) is 32.0 Å². The quantitative estimate of drug-likeness (QED) is 0.483. The lowest BCUT2D eigenvalue weighted by Gasteiger charge is -2.34. The van der Waals surface area contributed by atoms with Crippen molar-refractivity contribution >= 4 is 25.0 Å². The van der Waals surface area contributed by atoms with E-state index in [4.69, 9.17) is 9.05 Å². The fraction of sp³-hybridized carbons (Fsp3) is 0.333. The van der Waals surface area contributed by atoms with Crippen LogP contribution in [0.25, 0.3) is 6.08 Å². The Labute approximate surface area is 116 Å². The monoisotopic (exact) mass is 298 g/mol. The summed E-state index contributed by atoms with van der Waals surface area (Å²) in [6.45, 7) is 0. The van der Waals surface area contributed by atoms with Gasteiger partial charge in [0.15, 0.2) is 5.78 Å². The minimum atomic E-state index is -3.34. The van der Waals surface area contributed by atoms with E-state index in [1.54, 1.807) is 36.2 Å². The summed E-state index contributed by atoms with van der Waals surface area (Å²) < 4.78 is 22.5. The molecule has 0 saturated carbocycles. The van der Waals surface area contributed by atoms with Gasteiger partial charge in [-0.3, -0.25) is 14.7 Å². The number of hydrogen-bond acceptors (Lipinski definition) is 6. The highest BCUT2D eigenvalue weighted by Crippen LogP contribution is 2.55. The number of anilines is 1. The van der Waals surface area contributed by atoms with Crippen molar-refractivity contribution in [3.05, 3.63) is 40.0 Å². The smallest absolute Gasteiger partial charge is 0.356 e. The molecule has 1 unspecified atom stereocenters. The van der Waals surface area contributed by atoms with Gasteiger partial charge in [0.05, 0.1) is 16.2 Å². The molecule has 0 saturated heterocycles. The fourth-order valence-electron chi connectivity index (χ4n) is 2.24. The standard InChI is InChI=1S/C12H15N2O5P/c1-13-10-5-4-6-11(14(15)16)9(10)7-8-12(13)20(17,18-2)19-3/h4-8,12H,1-3H3. The maximum atomic E-state index is 12.5. The molecule has 0 aliphatic carbocycles. The van der Waals surface area contributed by atoms with Crippen LogP contribution in [-0.2, 0) is 13.6 Å². The molecule has 1 aromatic carbocycles. The Morgan fingerprint density at radius 2 is 2.00 bits per heavy atom. The second kappa shape index (κ2) is 5.36. The summed E-state index contributed by atoms with van der Waals surface area (Å²) >= 11 is 0. The number of nitrogens with zero attached hydrogens (tertiary/aromatic N) is 2. The third-order valence-corrected chi connectivity index (χ3v) is 5.49. The van der Waals surface area contributed by atoms with E-state index in [1.807, 2.05) is 0 Å². The molecule has 7 nitrogen and oxygen atoms in total. The van der Waals surface area contributed by atoms with E-state index >= 15 is 0 Å². The molecule has 1 aliphatic rings. The van der Waals surface area contributed by atoms with Crippen LogP contribution in [0.1, 0.15) is 5.56 Å². The van der Waals surface area contributed by atoms with Crippen molar-refractivity contribution in [2.24, 2.45) is 0 Å². The third kappa shape index (κ3) is 2.24. The average Bonchev–Trinajstić information content (AvgIpc) is 2.46. The molecule has 0 amide bonds. The molecule has 0 N–H and O–H groups in total. The van der Waals surface area contributed by atoms with Gasteiger partial charge in [-0.25, -0.2) is 0 Å². The van der Waals surface area contributed by atoms with Crippen LogP contribution in [0.15, 0.2) is 24.3 Å². The molecule has 0 aromatic heterocycles. The molecule has 1 aliphatic heterocycles. The van der Waals surface area contributed by atoms with Crippen molar-refractivity contribution in [1.82, 2.24) is 0 Å². The summed E-state index contributed by atoms with van der Waals surface area (Å²) in [7, 11) is 0.987. The minimum absolute atomic E-state index is 0.00807. The van der Waals surface area contributed by atoms with Crippen LogP contribution in [0, 0.1) is 10.1 Å². The van der Waals surface area contributed by atoms with E-state index in [0.29, 0.717) is 11.3 Å². The molecule has 1 atom stereocenters. The molecular weight excluding hydrogens is 283 g/mol. The van der Waals surface area contributed by atoms with Gasteiger partial charge in [-0.2, -0.15) is 0 Å². The molecule has 0 spiro atoms. The van der Waals surface area contributed by atoms with Crippen LogP contribution >= 0.6 is 7.60 Å². The van der Waals surface area contributed by atoms with E-state index in [-0.39, 0.29) is 5.69 Å². The van der Waals surface area contributed by atoms with Crippen molar-refractivity contribution in [3.8, 4) is 0 Å². The highest BCUT2D eigenvalue weighted by atomic mass is 31.2. The van der Waals surface area contributed by atoms with E-state index in [1.165, 1.54) is 20.3 Å². The fourth-order valence-corrected chi connectivity index (χ4v) is 3.67. The Morgan fingerprint density at radius 1 is 1.35 bits per heavy atom. The minimum Gasteiger partial charge on any atom is -0.357 e. The van der Waals surface area contributed by atoms with Gasteiger partial charge in [-0.1, -0.05) is 6.07 Å². The number of nitro benzene ring substituents is 1. The Bertz CT molecular complexity index is 608. The van der Waals surface area contributed by atoms with Gasteiger partial charge < -0.3 is 13.9 Å². The maximum absolute atomic E-state index is 12.5. The lowest BCUT2D eigenvalue weighted by molar-refractivity contribution is -0.385. The Kier molecular flexibility index (Phi) is 3.94. The normalized spacial score (nSPS) is 17.9. The molecule has 20 heavy (non-hydrogen) atoms. The van der Waals surface area contributed by atoms with Crippen LogP contribution < -0.4 is 4.90 Å². The van der Waals surface area contributed by atoms with Gasteiger partial charge in [-0.05, 0) is 18.2 Å². The Hall–Kier alpha value is -1.69. The molecule has 0 fully saturated rings. The number of hydrogen-bond donors (Lipinski definition) is 0. The number of rotatable bonds is 4. The zero-order valence-corrected chi connectivity index (χ0v) is 12.2. The molecule has 108 valence electrons. The first-order valence-electron chi connectivity index (χ1n) is 5.84. The molecular formula is C12H15N2O5P. The van der Waals surface area contributed by atoms with Crippen LogP contribution in [0.2, 0.25) is 0 Å². The van der Waals surface area contributed by atoms with Crippen molar-refractivity contribution in [2.75, 3.05) is 26.2 Å². The summed E-state index contributed by atoms with van der Waals surface area (Å²) in [5.41, 5.74) is 1.10. The Balaban J connectivity index is 2.52. The van der Waals surface area contributed by atoms with Crippen molar-refractivity contribution in [3.63, 3.8) is 0 Å². The van der Waals surface area contributed by atoms with Crippen molar-refractivity contribution in [1.29, 1.82) is 0 Å². The molecule has 0 bridgehead atoms. The predicted octanol–water partition coefficient (Wildman–Crippen LogP) is 2.87. The molecule has 1 heterocycles. The second-order valence-corrected chi connectivity index (χ2v) is 6.59. The van der Waals surface area contributed by atoms with Gasteiger partial charge >= 0.3 is 7.60 Å². The Morgan fingerprint density at radius 3 is 2.55 bits per heavy atom. The van der Waals surface area contributed by atoms with Crippen molar-refractivity contribution < 1.29 is 18.5 Å². The van der Waals surface area contributed by atoms with Crippen molar-refractivity contribution in [2.45, 2.75) is 5.78 Å². The number of nitro groups is 1. The average molecular weight is 298 g/mol. The number of benzene rings is 1. The second-order valence-electron chi connectivity index (χ2n) is 4.26. The molecule has 1 aromatic rings. The van der Waals surface area contributed by atoms with Gasteiger partial charge in [0.1, 0.15) is 0 Å². The number of likely N-dealkylation sites (N-methyl/N-ethyl adjacent to an activating group) is 1. The summed E-state index contributed by atoms with van der Waals surface area (Å²) in [5.74, 6) is -0.619. The maximum Gasteiger partial charge on any atom is 0.356 e. The van der Waals surface area contributed by atoms with Gasteiger partial charge in [0.25, 0.3) is 5.69 Å². The topological polar surface area (TPSA) is 81.9 Å². The first-order valence-corrected chi connectivity index (χ1v) is 7.45.